The van der Waals surface area contributed by atoms with Crippen molar-refractivity contribution in [1.82, 2.24) is 10.3 Å². The number of rotatable bonds is 23. The predicted octanol–water partition coefficient (Wildman–Crippen LogP) is 6.98. The molecule has 0 radical (unpaired) electrons. The molecule has 0 saturated heterocycles. The summed E-state index contributed by atoms with van der Waals surface area (Å²) in [7, 11) is 0. The van der Waals surface area contributed by atoms with Crippen molar-refractivity contribution in [2.45, 2.75) is 51.4 Å². The summed E-state index contributed by atoms with van der Waals surface area (Å²) in [5.74, 6) is -1.23. The molecule has 0 bridgehead atoms. The minimum absolute atomic E-state index is 0.00801. The Hall–Kier alpha value is -5.29. The average molecular weight is 696 g/mol. The van der Waals surface area contributed by atoms with Gasteiger partial charge < -0.3 is 24.6 Å². The Morgan fingerprint density at radius 3 is 2.47 bits per heavy atom. The molecule has 12 nitrogen and oxygen atoms in total. The number of carbonyl (C=O) groups is 3. The van der Waals surface area contributed by atoms with Crippen LogP contribution in [-0.2, 0) is 30.3 Å². The number of carboxylic acid groups (broad SMARTS) is 1. The molecule has 51 heavy (non-hydrogen) atoms. The van der Waals surface area contributed by atoms with Gasteiger partial charge in [0.1, 0.15) is 12.4 Å². The van der Waals surface area contributed by atoms with E-state index < -0.39 is 11.9 Å². The molecular formula is C39H45N5O7. The van der Waals surface area contributed by atoms with Crippen molar-refractivity contribution in [2.75, 3.05) is 46.1 Å². The van der Waals surface area contributed by atoms with E-state index in [-0.39, 0.29) is 37.6 Å². The van der Waals surface area contributed by atoms with Gasteiger partial charge in [-0.25, -0.2) is 0 Å². The molecule has 0 aliphatic rings. The zero-order valence-electron chi connectivity index (χ0n) is 29.0. The van der Waals surface area contributed by atoms with Gasteiger partial charge in [0.2, 0.25) is 5.91 Å². The van der Waals surface area contributed by atoms with E-state index in [0.29, 0.717) is 51.6 Å². The molecule has 2 N–H and O–H groups in total. The number of carboxylic acids is 1. The number of nitrogens with zero attached hydrogens (tertiary/aromatic N) is 4. The molecule has 12 heteroatoms. The number of amides is 1. The largest absolute Gasteiger partial charge is 0.491 e. The van der Waals surface area contributed by atoms with Gasteiger partial charge in [-0.15, -0.1) is 0 Å². The second kappa shape index (κ2) is 21.0. The van der Waals surface area contributed by atoms with Crippen LogP contribution in [0.1, 0.15) is 54.8 Å². The molecule has 1 amide bonds. The highest BCUT2D eigenvalue weighted by Crippen LogP contribution is 2.33. The topological polar surface area (TPSA) is 173 Å². The minimum atomic E-state index is -0.994. The van der Waals surface area contributed by atoms with Crippen LogP contribution in [-0.4, -0.2) is 73.9 Å². The van der Waals surface area contributed by atoms with E-state index in [2.05, 4.69) is 20.3 Å². The van der Waals surface area contributed by atoms with Gasteiger partial charge in [0.05, 0.1) is 39.4 Å². The second-order valence-corrected chi connectivity index (χ2v) is 12.2. The van der Waals surface area contributed by atoms with Crippen molar-refractivity contribution in [2.24, 2.45) is 5.11 Å². The van der Waals surface area contributed by atoms with Crippen LogP contribution in [0, 0.1) is 6.92 Å². The number of unbranched alkanes of at least 4 members (excludes halogenated alkanes) is 1. The van der Waals surface area contributed by atoms with Gasteiger partial charge in [-0.2, -0.15) is 0 Å². The lowest BCUT2D eigenvalue weighted by atomic mass is 9.89. The summed E-state index contributed by atoms with van der Waals surface area (Å²) in [4.78, 5) is 44.0. The number of hydrogen-bond acceptors (Lipinski definition) is 8. The fourth-order valence-electron chi connectivity index (χ4n) is 5.70. The molecule has 0 spiro atoms. The molecule has 0 saturated carbocycles. The normalized spacial score (nSPS) is 11.5. The van der Waals surface area contributed by atoms with E-state index in [1.807, 2.05) is 79.7 Å². The van der Waals surface area contributed by atoms with E-state index in [4.69, 9.17) is 19.7 Å². The third-order valence-corrected chi connectivity index (χ3v) is 8.25. The standard InChI is InChI=1S/C39H45N5O7/c1-28-15-16-41-33(23-28)6-2-3-8-38(46)42-27-34(45)24-32(25-39(47)48)29-9-11-31(12-10-29)36-7-4-5-30-13-14-35(26-37(30)36)51-22-21-50-20-19-49-18-17-43-44-40/h4-5,7,9-16,23,26,32H,2-3,6,8,17-22,24-25,27H2,1H3,(H,42,46)(H,47,48)/t32-/m0/s1. The number of pyridine rings is 1. The van der Waals surface area contributed by atoms with E-state index in [0.717, 1.165) is 51.6 Å². The van der Waals surface area contributed by atoms with E-state index in [9.17, 15) is 19.5 Å². The molecule has 268 valence electrons. The first-order valence-electron chi connectivity index (χ1n) is 17.2. The summed E-state index contributed by atoms with van der Waals surface area (Å²) in [6.07, 6.45) is 4.20. The SMILES string of the molecule is Cc1ccnc(CCCCC(=O)NCC(=O)C[C@@H](CC(=O)O)c2ccc(-c3cccc4ccc(OCCOCCOCCN=[N+]=[N-])cc34)cc2)c1. The molecule has 4 rings (SSSR count). The Morgan fingerprint density at radius 2 is 1.71 bits per heavy atom. The Balaban J connectivity index is 1.28. The van der Waals surface area contributed by atoms with Gasteiger partial charge in [-0.1, -0.05) is 53.6 Å². The quantitative estimate of drug-likeness (QED) is 0.0362. The fraction of sp³-hybridized carbons (Fsp3) is 0.385. The van der Waals surface area contributed by atoms with Crippen molar-refractivity contribution in [3.8, 4) is 16.9 Å². The summed E-state index contributed by atoms with van der Waals surface area (Å²) in [6.45, 7) is 4.09. The maximum atomic E-state index is 12.9. The lowest BCUT2D eigenvalue weighted by molar-refractivity contribution is -0.137. The number of Topliss-reactive ketones (excluding diaryl/α,β-unsaturated/α-hetero) is 1. The number of ether oxygens (including phenoxy) is 3. The van der Waals surface area contributed by atoms with Crippen molar-refractivity contribution in [3.05, 3.63) is 106 Å². The monoisotopic (exact) mass is 695 g/mol. The number of azide groups is 1. The molecule has 0 unspecified atom stereocenters. The maximum absolute atomic E-state index is 12.9. The summed E-state index contributed by atoms with van der Waals surface area (Å²) in [5, 5.41) is 17.7. The Morgan fingerprint density at radius 1 is 0.922 bits per heavy atom. The molecular weight excluding hydrogens is 650 g/mol. The Kier molecular flexibility index (Phi) is 15.9. The summed E-state index contributed by atoms with van der Waals surface area (Å²) in [5.41, 5.74) is 13.1. The van der Waals surface area contributed by atoms with E-state index in [1.165, 1.54) is 0 Å². The van der Waals surface area contributed by atoms with Crippen molar-refractivity contribution >= 4 is 28.4 Å². The summed E-state index contributed by atoms with van der Waals surface area (Å²) in [6, 6.07) is 23.5. The number of nitrogens with one attached hydrogen (secondary N) is 1. The predicted molar refractivity (Wildman–Crippen MR) is 195 cm³/mol. The van der Waals surface area contributed by atoms with Crippen LogP contribution in [0.2, 0.25) is 0 Å². The summed E-state index contributed by atoms with van der Waals surface area (Å²) >= 11 is 0. The lowest BCUT2D eigenvalue weighted by Crippen LogP contribution is -2.30. The van der Waals surface area contributed by atoms with Crippen LogP contribution < -0.4 is 10.1 Å². The smallest absolute Gasteiger partial charge is 0.303 e. The van der Waals surface area contributed by atoms with Crippen LogP contribution >= 0.6 is 0 Å². The zero-order valence-corrected chi connectivity index (χ0v) is 29.0. The first-order chi connectivity index (χ1) is 24.8. The van der Waals surface area contributed by atoms with Crippen molar-refractivity contribution < 1.29 is 33.7 Å². The van der Waals surface area contributed by atoms with Crippen LogP contribution in [0.4, 0.5) is 0 Å². The number of aryl methyl sites for hydroxylation is 2. The third-order valence-electron chi connectivity index (χ3n) is 8.25. The molecule has 1 heterocycles. The van der Waals surface area contributed by atoms with Crippen molar-refractivity contribution in [3.63, 3.8) is 0 Å². The Bertz CT molecular complexity index is 1790. The second-order valence-electron chi connectivity index (χ2n) is 12.2. The number of ketones is 1. The molecule has 4 aromatic rings. The first-order valence-corrected chi connectivity index (χ1v) is 17.2. The highest BCUT2D eigenvalue weighted by molar-refractivity contribution is 5.97. The van der Waals surface area contributed by atoms with Crippen LogP contribution in [0.25, 0.3) is 32.3 Å². The minimum Gasteiger partial charge on any atom is -0.491 e. The van der Waals surface area contributed by atoms with Gasteiger partial charge in [-0.3, -0.25) is 19.4 Å². The molecule has 0 aliphatic carbocycles. The van der Waals surface area contributed by atoms with Gasteiger partial charge in [0.25, 0.3) is 0 Å². The highest BCUT2D eigenvalue weighted by atomic mass is 16.5. The number of carbonyl (C=O) groups excluding carboxylic acids is 2. The van der Waals surface area contributed by atoms with Crippen LogP contribution in [0.15, 0.2) is 84.1 Å². The lowest BCUT2D eigenvalue weighted by Gasteiger charge is -2.16. The third kappa shape index (κ3) is 13.5. The summed E-state index contributed by atoms with van der Waals surface area (Å²) < 4.78 is 16.8. The number of aromatic nitrogens is 1. The molecule has 3 aromatic carbocycles. The maximum Gasteiger partial charge on any atom is 0.303 e. The highest BCUT2D eigenvalue weighted by Gasteiger charge is 2.20. The van der Waals surface area contributed by atoms with Gasteiger partial charge >= 0.3 is 5.97 Å². The van der Waals surface area contributed by atoms with Gasteiger partial charge in [-0.05, 0) is 89.0 Å². The van der Waals surface area contributed by atoms with E-state index in [1.54, 1.807) is 6.20 Å². The van der Waals surface area contributed by atoms with Gasteiger partial charge in [0.15, 0.2) is 5.78 Å². The number of aliphatic carboxylic acids is 1. The number of fused-ring (bicyclic) bond motifs is 1. The number of hydrogen-bond donors (Lipinski definition) is 2. The fourth-order valence-corrected chi connectivity index (χ4v) is 5.70. The zero-order chi connectivity index (χ0) is 36.3. The van der Waals surface area contributed by atoms with E-state index >= 15 is 0 Å². The molecule has 0 aliphatic heterocycles. The molecule has 1 atom stereocenters. The molecule has 0 fully saturated rings. The van der Waals surface area contributed by atoms with Gasteiger partial charge in [0, 0.05) is 42.1 Å². The van der Waals surface area contributed by atoms with Crippen LogP contribution in [0.3, 0.4) is 0 Å². The average Bonchev–Trinajstić information content (AvgIpc) is 3.12. The Labute approximate surface area is 297 Å². The van der Waals surface area contributed by atoms with Crippen LogP contribution in [0.5, 0.6) is 5.75 Å². The van der Waals surface area contributed by atoms with Crippen molar-refractivity contribution in [1.29, 1.82) is 0 Å². The molecule has 1 aromatic heterocycles. The first kappa shape index (κ1) is 38.5. The number of benzene rings is 3.